The number of nitrogens with one attached hydrogen (secondary N) is 1. The number of benzene rings is 1. The quantitative estimate of drug-likeness (QED) is 0.822. The van der Waals surface area contributed by atoms with Gasteiger partial charge >= 0.3 is 5.97 Å². The van der Waals surface area contributed by atoms with Gasteiger partial charge in [0, 0.05) is 19.6 Å². The van der Waals surface area contributed by atoms with E-state index in [0.717, 1.165) is 13.1 Å². The lowest BCUT2D eigenvalue weighted by Crippen LogP contribution is -2.28. The van der Waals surface area contributed by atoms with Crippen molar-refractivity contribution < 1.29 is 14.3 Å². The number of esters is 1. The molecule has 1 N–H and O–H groups in total. The van der Waals surface area contributed by atoms with Crippen LogP contribution in [0.4, 0.5) is 0 Å². The van der Waals surface area contributed by atoms with Crippen LogP contribution in [-0.2, 0) is 16.1 Å². The van der Waals surface area contributed by atoms with Crippen molar-refractivity contribution in [1.82, 2.24) is 10.2 Å². The Morgan fingerprint density at radius 3 is 2.71 bits per heavy atom. The number of hydrogen-bond donors (Lipinski definition) is 1. The van der Waals surface area contributed by atoms with Crippen molar-refractivity contribution in [2.24, 2.45) is 5.41 Å². The van der Waals surface area contributed by atoms with Crippen molar-refractivity contribution >= 4 is 18.4 Å². The van der Waals surface area contributed by atoms with Gasteiger partial charge in [-0.1, -0.05) is 12.1 Å². The highest BCUT2D eigenvalue weighted by molar-refractivity contribution is 5.85. The van der Waals surface area contributed by atoms with Crippen LogP contribution in [0.15, 0.2) is 24.3 Å². The third-order valence-electron chi connectivity index (χ3n) is 5.02. The summed E-state index contributed by atoms with van der Waals surface area (Å²) in [6, 6.07) is 8.02. The van der Waals surface area contributed by atoms with Crippen LogP contribution in [0.25, 0.3) is 0 Å². The third kappa shape index (κ3) is 4.41. The van der Waals surface area contributed by atoms with E-state index < -0.39 is 6.10 Å². The molecule has 2 saturated heterocycles. The molecule has 3 rings (SSSR count). The monoisotopic (exact) mass is 354 g/mol. The second-order valence-corrected chi connectivity index (χ2v) is 6.81. The van der Waals surface area contributed by atoms with Crippen molar-refractivity contribution in [3.8, 4) is 5.75 Å². The number of carbonyl (C=O) groups excluding carboxylic acids is 1. The Balaban J connectivity index is 0.00000208. The Morgan fingerprint density at radius 2 is 2.08 bits per heavy atom. The first kappa shape index (κ1) is 19.0. The lowest BCUT2D eigenvalue weighted by Gasteiger charge is -2.23. The Morgan fingerprint density at radius 1 is 1.33 bits per heavy atom. The molecule has 2 aliphatic heterocycles. The summed E-state index contributed by atoms with van der Waals surface area (Å²) in [6.45, 7) is 7.38. The Kier molecular flexibility index (Phi) is 6.49. The topological polar surface area (TPSA) is 50.8 Å². The van der Waals surface area contributed by atoms with E-state index in [4.69, 9.17) is 4.74 Å². The van der Waals surface area contributed by atoms with E-state index in [9.17, 15) is 4.79 Å². The highest BCUT2D eigenvalue weighted by Crippen LogP contribution is 2.36. The van der Waals surface area contributed by atoms with Crippen LogP contribution in [0.5, 0.6) is 5.75 Å². The highest BCUT2D eigenvalue weighted by Gasteiger charge is 2.39. The molecule has 0 aromatic heterocycles. The molecular weight excluding hydrogens is 328 g/mol. The molecular formula is C18H27ClN2O3. The first-order valence-corrected chi connectivity index (χ1v) is 8.37. The number of carbonyl (C=O) groups is 1. The van der Waals surface area contributed by atoms with Crippen LogP contribution >= 0.6 is 12.4 Å². The maximum Gasteiger partial charge on any atom is 0.346 e. The molecule has 1 aromatic carbocycles. The largest absolute Gasteiger partial charge is 0.479 e. The molecule has 5 nitrogen and oxygen atoms in total. The fraction of sp³-hybridized carbons (Fsp3) is 0.611. The standard InChI is InChI=1S/C18H26N2O3.ClH/c1-14(17(21)22-2)23-16-5-3-15(4-6-16)11-20-10-8-18(13-20)7-9-19-12-18;/h3-6,14,19H,7-13H2,1-2H3;1H. The number of likely N-dealkylation sites (tertiary alicyclic amines) is 1. The van der Waals surface area contributed by atoms with E-state index >= 15 is 0 Å². The average molecular weight is 355 g/mol. The smallest absolute Gasteiger partial charge is 0.346 e. The van der Waals surface area contributed by atoms with Crippen LogP contribution in [0.2, 0.25) is 0 Å². The number of methoxy groups -OCH3 is 1. The zero-order valence-corrected chi connectivity index (χ0v) is 15.2. The minimum atomic E-state index is -0.584. The van der Waals surface area contributed by atoms with Gasteiger partial charge in [-0.2, -0.15) is 0 Å². The number of rotatable bonds is 5. The number of hydrogen-bond acceptors (Lipinski definition) is 5. The molecule has 2 heterocycles. The Bertz CT molecular complexity index is 544. The van der Waals surface area contributed by atoms with E-state index in [-0.39, 0.29) is 18.4 Å². The van der Waals surface area contributed by atoms with Gasteiger partial charge in [-0.15, -0.1) is 12.4 Å². The SMILES string of the molecule is COC(=O)C(C)Oc1ccc(CN2CCC3(CCNC3)C2)cc1.Cl. The zero-order chi connectivity index (χ0) is 16.3. The molecule has 0 bridgehead atoms. The second-order valence-electron chi connectivity index (χ2n) is 6.81. The Labute approximate surface area is 150 Å². The molecule has 2 atom stereocenters. The van der Waals surface area contributed by atoms with Crippen LogP contribution in [0, 0.1) is 5.41 Å². The fourth-order valence-electron chi connectivity index (χ4n) is 3.66. The van der Waals surface area contributed by atoms with Gasteiger partial charge in [-0.3, -0.25) is 4.90 Å². The summed E-state index contributed by atoms with van der Waals surface area (Å²) in [5.74, 6) is 0.339. The number of halogens is 1. The summed E-state index contributed by atoms with van der Waals surface area (Å²) >= 11 is 0. The minimum Gasteiger partial charge on any atom is -0.479 e. The predicted molar refractivity (Wildman–Crippen MR) is 95.6 cm³/mol. The molecule has 6 heteroatoms. The van der Waals surface area contributed by atoms with E-state index in [0.29, 0.717) is 11.2 Å². The maximum absolute atomic E-state index is 11.4. The number of ether oxygens (including phenoxy) is 2. The highest BCUT2D eigenvalue weighted by atomic mass is 35.5. The van der Waals surface area contributed by atoms with E-state index in [1.165, 1.54) is 45.1 Å². The molecule has 2 fully saturated rings. The lowest BCUT2D eigenvalue weighted by molar-refractivity contribution is -0.147. The molecule has 24 heavy (non-hydrogen) atoms. The van der Waals surface area contributed by atoms with Crippen molar-refractivity contribution in [1.29, 1.82) is 0 Å². The van der Waals surface area contributed by atoms with E-state index in [1.54, 1.807) is 6.92 Å². The molecule has 0 amide bonds. The van der Waals surface area contributed by atoms with E-state index in [2.05, 4.69) is 27.1 Å². The van der Waals surface area contributed by atoms with Gasteiger partial charge in [-0.25, -0.2) is 4.79 Å². The van der Waals surface area contributed by atoms with E-state index in [1.807, 2.05) is 12.1 Å². The summed E-state index contributed by atoms with van der Waals surface area (Å²) in [5.41, 5.74) is 1.80. The van der Waals surface area contributed by atoms with Crippen LogP contribution in [0.3, 0.4) is 0 Å². The van der Waals surface area contributed by atoms with Crippen molar-refractivity contribution in [2.75, 3.05) is 33.3 Å². The van der Waals surface area contributed by atoms with Crippen LogP contribution < -0.4 is 10.1 Å². The fourth-order valence-corrected chi connectivity index (χ4v) is 3.66. The molecule has 0 saturated carbocycles. The van der Waals surface area contributed by atoms with Gasteiger partial charge < -0.3 is 14.8 Å². The van der Waals surface area contributed by atoms with Gasteiger partial charge in [-0.05, 0) is 56.0 Å². The summed E-state index contributed by atoms with van der Waals surface area (Å²) < 4.78 is 10.2. The molecule has 2 unspecified atom stereocenters. The minimum absolute atomic E-state index is 0. The molecule has 2 aliphatic rings. The van der Waals surface area contributed by atoms with Crippen LogP contribution in [-0.4, -0.2) is 50.3 Å². The normalized spacial score (nSPS) is 24.6. The van der Waals surface area contributed by atoms with Gasteiger partial charge in [0.25, 0.3) is 0 Å². The molecule has 0 aliphatic carbocycles. The average Bonchev–Trinajstić information content (AvgIpc) is 3.18. The maximum atomic E-state index is 11.4. The molecule has 134 valence electrons. The van der Waals surface area contributed by atoms with Crippen molar-refractivity contribution in [3.05, 3.63) is 29.8 Å². The summed E-state index contributed by atoms with van der Waals surface area (Å²) in [7, 11) is 1.37. The number of nitrogens with zero attached hydrogens (tertiary/aromatic N) is 1. The van der Waals surface area contributed by atoms with Gasteiger partial charge in [0.05, 0.1) is 7.11 Å². The molecule has 1 aromatic rings. The second kappa shape index (κ2) is 8.19. The van der Waals surface area contributed by atoms with Gasteiger partial charge in [0.1, 0.15) is 5.75 Å². The lowest BCUT2D eigenvalue weighted by atomic mass is 9.86. The summed E-state index contributed by atoms with van der Waals surface area (Å²) in [4.78, 5) is 13.9. The first-order valence-electron chi connectivity index (χ1n) is 8.37. The molecule has 0 radical (unpaired) electrons. The molecule has 1 spiro atoms. The zero-order valence-electron chi connectivity index (χ0n) is 14.4. The van der Waals surface area contributed by atoms with Gasteiger partial charge in [0.2, 0.25) is 0 Å². The Hall–Kier alpha value is -1.30. The third-order valence-corrected chi connectivity index (χ3v) is 5.02. The van der Waals surface area contributed by atoms with Crippen molar-refractivity contribution in [2.45, 2.75) is 32.4 Å². The van der Waals surface area contributed by atoms with Gasteiger partial charge in [0.15, 0.2) is 6.10 Å². The summed E-state index contributed by atoms with van der Waals surface area (Å²) in [6.07, 6.45) is 2.03. The first-order chi connectivity index (χ1) is 11.1. The predicted octanol–water partition coefficient (Wildman–Crippen LogP) is 2.23. The summed E-state index contributed by atoms with van der Waals surface area (Å²) in [5, 5.41) is 3.50. The van der Waals surface area contributed by atoms with Crippen LogP contribution in [0.1, 0.15) is 25.3 Å². The van der Waals surface area contributed by atoms with Crippen molar-refractivity contribution in [3.63, 3.8) is 0 Å².